The van der Waals surface area contributed by atoms with Crippen molar-refractivity contribution in [3.63, 3.8) is 0 Å². The Hall–Kier alpha value is -2.93. The average Bonchev–Trinajstić information content (AvgIpc) is 2.77. The number of carbonyl (C=O) groups excluding carboxylic acids is 2. The summed E-state index contributed by atoms with van der Waals surface area (Å²) in [6.45, 7) is 0.858. The van der Waals surface area contributed by atoms with Crippen molar-refractivity contribution in [2.45, 2.75) is 31.5 Å². The van der Waals surface area contributed by atoms with Crippen LogP contribution in [0.15, 0.2) is 48.5 Å². The summed E-state index contributed by atoms with van der Waals surface area (Å²) >= 11 is 0. The lowest BCUT2D eigenvalue weighted by Crippen LogP contribution is -2.60. The molecule has 2 saturated heterocycles. The van der Waals surface area contributed by atoms with Crippen LogP contribution < -0.4 is 4.74 Å². The van der Waals surface area contributed by atoms with Crippen molar-refractivity contribution < 1.29 is 28.2 Å². The minimum absolute atomic E-state index is 0.0263. The van der Waals surface area contributed by atoms with Crippen LogP contribution in [0.3, 0.4) is 0 Å². The number of rotatable bonds is 5. The van der Waals surface area contributed by atoms with E-state index in [1.54, 1.807) is 4.90 Å². The molecule has 158 valence electrons. The van der Waals surface area contributed by atoms with Crippen molar-refractivity contribution in [3.05, 3.63) is 65.5 Å². The largest absolute Gasteiger partial charge is 0.497 e. The van der Waals surface area contributed by atoms with Gasteiger partial charge < -0.3 is 14.2 Å². The SMILES string of the molecule is COc1ccc(F)c(C(=O)C2CC3COCC(C2)N3C(=O)OCc2ccccc2)c1. The highest BCUT2D eigenvalue weighted by Crippen LogP contribution is 2.35. The molecule has 2 unspecified atom stereocenters. The number of ether oxygens (including phenoxy) is 3. The van der Waals surface area contributed by atoms with Gasteiger partial charge in [-0.1, -0.05) is 30.3 Å². The quantitative estimate of drug-likeness (QED) is 0.697. The first kappa shape index (κ1) is 20.3. The van der Waals surface area contributed by atoms with Gasteiger partial charge in [0.2, 0.25) is 0 Å². The zero-order valence-electron chi connectivity index (χ0n) is 16.8. The maximum atomic E-state index is 14.3. The lowest BCUT2D eigenvalue weighted by atomic mass is 9.80. The molecule has 2 aromatic rings. The fourth-order valence-electron chi connectivity index (χ4n) is 4.26. The normalized spacial score (nSPS) is 23.0. The monoisotopic (exact) mass is 413 g/mol. The summed E-state index contributed by atoms with van der Waals surface area (Å²) in [7, 11) is 1.47. The van der Waals surface area contributed by atoms with E-state index in [-0.39, 0.29) is 36.0 Å². The van der Waals surface area contributed by atoms with Gasteiger partial charge in [0.1, 0.15) is 18.2 Å². The Kier molecular flexibility index (Phi) is 5.99. The van der Waals surface area contributed by atoms with Gasteiger partial charge in [-0.2, -0.15) is 0 Å². The maximum Gasteiger partial charge on any atom is 0.410 e. The predicted molar refractivity (Wildman–Crippen MR) is 107 cm³/mol. The third-order valence-corrected chi connectivity index (χ3v) is 5.75. The smallest absolute Gasteiger partial charge is 0.410 e. The number of morpholine rings is 1. The Bertz CT molecular complexity index is 905. The number of methoxy groups -OCH3 is 1. The first-order chi connectivity index (χ1) is 14.6. The van der Waals surface area contributed by atoms with Gasteiger partial charge in [-0.3, -0.25) is 9.69 Å². The summed E-state index contributed by atoms with van der Waals surface area (Å²) in [5.74, 6) is -0.776. The van der Waals surface area contributed by atoms with Crippen LogP contribution in [0.5, 0.6) is 5.75 Å². The van der Waals surface area contributed by atoms with Crippen molar-refractivity contribution >= 4 is 11.9 Å². The number of amides is 1. The van der Waals surface area contributed by atoms with Crippen LogP contribution in [0.2, 0.25) is 0 Å². The number of hydrogen-bond donors (Lipinski definition) is 0. The fraction of sp³-hybridized carbons (Fsp3) is 0.391. The summed E-state index contributed by atoms with van der Waals surface area (Å²) in [6, 6.07) is 13.1. The molecule has 7 heteroatoms. The second kappa shape index (κ2) is 8.83. The van der Waals surface area contributed by atoms with E-state index in [1.807, 2.05) is 30.3 Å². The van der Waals surface area contributed by atoms with E-state index in [0.29, 0.717) is 31.8 Å². The average molecular weight is 413 g/mol. The Morgan fingerprint density at radius 2 is 1.80 bits per heavy atom. The number of nitrogens with zero attached hydrogens (tertiary/aromatic N) is 1. The second-order valence-electron chi connectivity index (χ2n) is 7.67. The summed E-state index contributed by atoms with van der Waals surface area (Å²) in [6.07, 6.45) is 0.411. The number of carbonyl (C=O) groups is 2. The number of ketones is 1. The molecule has 2 atom stereocenters. The van der Waals surface area contributed by atoms with Gasteiger partial charge >= 0.3 is 6.09 Å². The maximum absolute atomic E-state index is 14.3. The lowest BCUT2D eigenvalue weighted by Gasteiger charge is -2.47. The molecule has 0 spiro atoms. The molecule has 2 aliphatic heterocycles. The van der Waals surface area contributed by atoms with Crippen molar-refractivity contribution in [1.82, 2.24) is 4.90 Å². The molecule has 2 bridgehead atoms. The van der Waals surface area contributed by atoms with Gasteiger partial charge in [-0.25, -0.2) is 9.18 Å². The highest BCUT2D eigenvalue weighted by molar-refractivity contribution is 5.98. The lowest BCUT2D eigenvalue weighted by molar-refractivity contribution is -0.0755. The van der Waals surface area contributed by atoms with E-state index in [2.05, 4.69) is 0 Å². The molecule has 2 heterocycles. The van der Waals surface area contributed by atoms with Crippen LogP contribution in [0, 0.1) is 11.7 Å². The molecular formula is C23H24FNO5. The molecule has 1 amide bonds. The Morgan fingerprint density at radius 3 is 2.47 bits per heavy atom. The topological polar surface area (TPSA) is 65.1 Å². The highest BCUT2D eigenvalue weighted by atomic mass is 19.1. The summed E-state index contributed by atoms with van der Waals surface area (Å²) in [5.41, 5.74) is 0.935. The molecule has 2 aromatic carbocycles. The molecule has 0 saturated carbocycles. The predicted octanol–water partition coefficient (Wildman–Crippen LogP) is 3.83. The van der Waals surface area contributed by atoms with Crippen LogP contribution >= 0.6 is 0 Å². The number of fused-ring (bicyclic) bond motifs is 2. The van der Waals surface area contributed by atoms with E-state index in [1.165, 1.54) is 25.3 Å². The highest BCUT2D eigenvalue weighted by Gasteiger charge is 2.44. The van der Waals surface area contributed by atoms with E-state index in [9.17, 15) is 14.0 Å². The minimum Gasteiger partial charge on any atom is -0.497 e. The molecule has 2 aliphatic rings. The van der Waals surface area contributed by atoms with E-state index < -0.39 is 11.9 Å². The van der Waals surface area contributed by atoms with Gasteiger partial charge in [-0.05, 0) is 36.6 Å². The Labute approximate surface area is 174 Å². The first-order valence-electron chi connectivity index (χ1n) is 10.0. The van der Waals surface area contributed by atoms with Crippen molar-refractivity contribution in [1.29, 1.82) is 0 Å². The molecule has 30 heavy (non-hydrogen) atoms. The molecule has 0 N–H and O–H groups in total. The van der Waals surface area contributed by atoms with E-state index in [0.717, 1.165) is 5.56 Å². The summed E-state index contributed by atoms with van der Waals surface area (Å²) in [5, 5.41) is 0. The summed E-state index contributed by atoms with van der Waals surface area (Å²) in [4.78, 5) is 27.5. The van der Waals surface area contributed by atoms with E-state index >= 15 is 0 Å². The van der Waals surface area contributed by atoms with Crippen molar-refractivity contribution in [2.75, 3.05) is 20.3 Å². The number of Topliss-reactive ketones (excluding diaryl/α,β-unsaturated/α-hetero) is 1. The molecule has 0 radical (unpaired) electrons. The molecule has 4 rings (SSSR count). The number of benzene rings is 2. The molecule has 0 aliphatic carbocycles. The van der Waals surface area contributed by atoms with Gasteiger partial charge in [-0.15, -0.1) is 0 Å². The summed E-state index contributed by atoms with van der Waals surface area (Å²) < 4.78 is 30.5. The third-order valence-electron chi connectivity index (χ3n) is 5.75. The van der Waals surface area contributed by atoms with Gasteiger partial charge in [0.05, 0.1) is 38.0 Å². The number of hydrogen-bond acceptors (Lipinski definition) is 5. The van der Waals surface area contributed by atoms with Crippen LogP contribution in [0.25, 0.3) is 0 Å². The first-order valence-corrected chi connectivity index (χ1v) is 10.0. The van der Waals surface area contributed by atoms with Crippen molar-refractivity contribution in [2.24, 2.45) is 5.92 Å². The standard InChI is InChI=1S/C23H24FNO5/c1-28-19-7-8-21(24)20(11-19)22(26)16-9-17-13-29-14-18(10-16)25(17)23(27)30-12-15-5-3-2-4-6-15/h2-8,11,16-18H,9-10,12-14H2,1H3. The van der Waals surface area contributed by atoms with Gasteiger partial charge in [0.15, 0.2) is 5.78 Å². The molecule has 6 nitrogen and oxygen atoms in total. The molecule has 2 fully saturated rings. The minimum atomic E-state index is -0.563. The third kappa shape index (κ3) is 4.16. The van der Waals surface area contributed by atoms with Gasteiger partial charge in [0.25, 0.3) is 0 Å². The number of piperidine rings is 1. The van der Waals surface area contributed by atoms with Crippen LogP contribution in [0.1, 0.15) is 28.8 Å². The second-order valence-corrected chi connectivity index (χ2v) is 7.67. The van der Waals surface area contributed by atoms with Gasteiger partial charge in [0, 0.05) is 5.92 Å². The fourth-order valence-corrected chi connectivity index (χ4v) is 4.26. The Morgan fingerprint density at radius 1 is 1.10 bits per heavy atom. The zero-order chi connectivity index (χ0) is 21.1. The Balaban J connectivity index is 1.45. The number of halogens is 1. The van der Waals surface area contributed by atoms with Crippen LogP contribution in [0.4, 0.5) is 9.18 Å². The van der Waals surface area contributed by atoms with Crippen molar-refractivity contribution in [3.8, 4) is 5.75 Å². The van der Waals surface area contributed by atoms with E-state index in [4.69, 9.17) is 14.2 Å². The van der Waals surface area contributed by atoms with Crippen LogP contribution in [-0.4, -0.2) is 49.2 Å². The van der Waals surface area contributed by atoms with Crippen LogP contribution in [-0.2, 0) is 16.1 Å². The zero-order valence-corrected chi connectivity index (χ0v) is 16.8. The molecular weight excluding hydrogens is 389 g/mol. The molecule has 0 aromatic heterocycles.